The molecule has 1 aliphatic heterocycles. The van der Waals surface area contributed by atoms with E-state index in [4.69, 9.17) is 14.6 Å². The van der Waals surface area contributed by atoms with E-state index in [1.54, 1.807) is 4.90 Å². The molecule has 2 rings (SSSR count). The van der Waals surface area contributed by atoms with Crippen LogP contribution in [0.1, 0.15) is 12.0 Å². The Labute approximate surface area is 118 Å². The molecule has 0 radical (unpaired) electrons. The number of aliphatic hydroxyl groups excluding tert-OH is 1. The van der Waals surface area contributed by atoms with Crippen molar-refractivity contribution in [3.8, 4) is 17.6 Å². The molecule has 1 aliphatic rings. The minimum Gasteiger partial charge on any atom is -0.492 e. The van der Waals surface area contributed by atoms with Gasteiger partial charge in [0.2, 0.25) is 0 Å². The third kappa shape index (κ3) is 4.18. The quantitative estimate of drug-likeness (QED) is 0.822. The minimum absolute atomic E-state index is 0.0765. The molecule has 5 nitrogen and oxygen atoms in total. The molecule has 1 saturated heterocycles. The topological polar surface area (TPSA) is 59.0 Å². The van der Waals surface area contributed by atoms with E-state index in [9.17, 15) is 4.79 Å². The number of nitrogens with zero attached hydrogens (tertiary/aromatic N) is 1. The molecule has 0 atom stereocenters. The summed E-state index contributed by atoms with van der Waals surface area (Å²) in [4.78, 5) is 12.8. The van der Waals surface area contributed by atoms with Gasteiger partial charge in [-0.05, 0) is 24.3 Å². The number of carbonyl (C=O) groups excluding carboxylic acids is 1. The highest BCUT2D eigenvalue weighted by Gasteiger charge is 2.21. The van der Waals surface area contributed by atoms with Gasteiger partial charge in [0, 0.05) is 12.0 Å². The standard InChI is InChI=1S/C15H17NO4/c17-10-2-1-3-13-4-6-14(7-5-13)19-11-8-16-9-12-20-15(16)18/h4-7,17H,2,8-12H2. The van der Waals surface area contributed by atoms with Gasteiger partial charge in [-0.1, -0.05) is 11.8 Å². The molecule has 106 valence electrons. The molecule has 0 aromatic heterocycles. The van der Waals surface area contributed by atoms with Gasteiger partial charge in [-0.25, -0.2) is 4.79 Å². The van der Waals surface area contributed by atoms with Crippen LogP contribution in [0, 0.1) is 11.8 Å². The molecule has 1 heterocycles. The molecule has 0 unspecified atom stereocenters. The van der Waals surface area contributed by atoms with E-state index < -0.39 is 0 Å². The van der Waals surface area contributed by atoms with Crippen LogP contribution in [0.3, 0.4) is 0 Å². The largest absolute Gasteiger partial charge is 0.492 e. The normalized spacial score (nSPS) is 13.7. The van der Waals surface area contributed by atoms with Crippen molar-refractivity contribution in [1.29, 1.82) is 0 Å². The molecular weight excluding hydrogens is 258 g/mol. The lowest BCUT2D eigenvalue weighted by atomic mass is 10.2. The number of benzene rings is 1. The van der Waals surface area contributed by atoms with Crippen molar-refractivity contribution in [1.82, 2.24) is 4.90 Å². The van der Waals surface area contributed by atoms with Crippen molar-refractivity contribution >= 4 is 6.09 Å². The summed E-state index contributed by atoms with van der Waals surface area (Å²) in [6, 6.07) is 7.41. The van der Waals surface area contributed by atoms with Crippen molar-refractivity contribution in [2.75, 3.05) is 32.9 Å². The zero-order chi connectivity index (χ0) is 14.2. The highest BCUT2D eigenvalue weighted by molar-refractivity contribution is 5.69. The number of amides is 1. The second-order valence-corrected chi connectivity index (χ2v) is 4.25. The fourth-order valence-corrected chi connectivity index (χ4v) is 1.76. The van der Waals surface area contributed by atoms with Crippen molar-refractivity contribution in [2.24, 2.45) is 0 Å². The number of ether oxygens (including phenoxy) is 2. The summed E-state index contributed by atoms with van der Waals surface area (Å²) in [6.45, 7) is 2.12. The van der Waals surface area contributed by atoms with Crippen LogP contribution >= 0.6 is 0 Å². The van der Waals surface area contributed by atoms with E-state index in [1.165, 1.54) is 0 Å². The lowest BCUT2D eigenvalue weighted by Crippen LogP contribution is -2.29. The summed E-state index contributed by atoms with van der Waals surface area (Å²) in [7, 11) is 0. The Morgan fingerprint density at radius 3 is 2.80 bits per heavy atom. The summed E-state index contributed by atoms with van der Waals surface area (Å²) in [5.41, 5.74) is 0.883. The van der Waals surface area contributed by atoms with E-state index in [0.29, 0.717) is 32.7 Å². The van der Waals surface area contributed by atoms with Gasteiger partial charge in [-0.15, -0.1) is 0 Å². The van der Waals surface area contributed by atoms with E-state index in [2.05, 4.69) is 11.8 Å². The average Bonchev–Trinajstić information content (AvgIpc) is 2.87. The smallest absolute Gasteiger partial charge is 0.410 e. The Balaban J connectivity index is 1.76. The number of cyclic esters (lactones) is 1. The van der Waals surface area contributed by atoms with Crippen molar-refractivity contribution < 1.29 is 19.4 Å². The molecule has 0 aliphatic carbocycles. The average molecular weight is 275 g/mol. The van der Waals surface area contributed by atoms with E-state index >= 15 is 0 Å². The van der Waals surface area contributed by atoms with E-state index in [1.807, 2.05) is 24.3 Å². The number of aliphatic hydroxyl groups is 1. The molecule has 1 amide bonds. The Morgan fingerprint density at radius 2 is 2.15 bits per heavy atom. The molecule has 1 fully saturated rings. The van der Waals surface area contributed by atoms with Crippen LogP contribution in [0.15, 0.2) is 24.3 Å². The predicted molar refractivity (Wildman–Crippen MR) is 73.4 cm³/mol. The Hall–Kier alpha value is -2.19. The molecule has 0 saturated carbocycles. The second-order valence-electron chi connectivity index (χ2n) is 4.25. The van der Waals surface area contributed by atoms with Gasteiger partial charge in [-0.2, -0.15) is 0 Å². The van der Waals surface area contributed by atoms with E-state index in [0.717, 1.165) is 11.3 Å². The number of carbonyl (C=O) groups is 1. The highest BCUT2D eigenvalue weighted by atomic mass is 16.6. The van der Waals surface area contributed by atoms with Gasteiger partial charge >= 0.3 is 6.09 Å². The van der Waals surface area contributed by atoms with Gasteiger partial charge in [0.15, 0.2) is 0 Å². The molecular formula is C15H17NO4. The first-order chi connectivity index (χ1) is 9.79. The van der Waals surface area contributed by atoms with Crippen LogP contribution in [0.2, 0.25) is 0 Å². The zero-order valence-electron chi connectivity index (χ0n) is 11.2. The summed E-state index contributed by atoms with van der Waals surface area (Å²) in [6.07, 6.45) is 0.201. The zero-order valence-corrected chi connectivity index (χ0v) is 11.2. The van der Waals surface area contributed by atoms with Crippen molar-refractivity contribution in [3.05, 3.63) is 29.8 Å². The third-order valence-electron chi connectivity index (χ3n) is 2.80. The Kier molecular flexibility index (Phi) is 5.27. The maximum Gasteiger partial charge on any atom is 0.410 e. The van der Waals surface area contributed by atoms with Gasteiger partial charge in [-0.3, -0.25) is 0 Å². The van der Waals surface area contributed by atoms with Crippen LogP contribution in [-0.2, 0) is 4.74 Å². The van der Waals surface area contributed by atoms with Crippen molar-refractivity contribution in [3.63, 3.8) is 0 Å². The number of hydrogen-bond acceptors (Lipinski definition) is 4. The van der Waals surface area contributed by atoms with Gasteiger partial charge in [0.05, 0.1) is 19.7 Å². The SMILES string of the molecule is O=C1OCCN1CCOc1ccc(C#CCCO)cc1. The van der Waals surface area contributed by atoms with Crippen LogP contribution < -0.4 is 4.74 Å². The lowest BCUT2D eigenvalue weighted by molar-refractivity contribution is 0.153. The fraction of sp³-hybridized carbons (Fsp3) is 0.400. The monoisotopic (exact) mass is 275 g/mol. The Bertz CT molecular complexity index is 501. The first-order valence-electron chi connectivity index (χ1n) is 6.54. The second kappa shape index (κ2) is 7.41. The molecule has 1 aromatic rings. The first kappa shape index (κ1) is 14.2. The highest BCUT2D eigenvalue weighted by Crippen LogP contribution is 2.12. The lowest BCUT2D eigenvalue weighted by Gasteiger charge is -2.13. The van der Waals surface area contributed by atoms with Gasteiger partial charge < -0.3 is 19.5 Å². The van der Waals surface area contributed by atoms with Crippen LogP contribution in [0.5, 0.6) is 5.75 Å². The van der Waals surface area contributed by atoms with Crippen LogP contribution in [0.4, 0.5) is 4.79 Å². The summed E-state index contributed by atoms with van der Waals surface area (Å²) < 4.78 is 10.4. The number of hydrogen-bond donors (Lipinski definition) is 1. The maximum absolute atomic E-state index is 11.2. The first-order valence-corrected chi connectivity index (χ1v) is 6.54. The van der Waals surface area contributed by atoms with Crippen LogP contribution in [-0.4, -0.2) is 49.0 Å². The predicted octanol–water partition coefficient (Wildman–Crippen LogP) is 1.25. The Morgan fingerprint density at radius 1 is 1.35 bits per heavy atom. The number of rotatable bonds is 5. The maximum atomic E-state index is 11.2. The molecule has 1 aromatic carbocycles. The van der Waals surface area contributed by atoms with Gasteiger partial charge in [0.1, 0.15) is 19.0 Å². The van der Waals surface area contributed by atoms with E-state index in [-0.39, 0.29) is 12.7 Å². The fourth-order valence-electron chi connectivity index (χ4n) is 1.76. The molecule has 20 heavy (non-hydrogen) atoms. The summed E-state index contributed by atoms with van der Waals surface area (Å²) in [5.74, 6) is 6.54. The molecule has 1 N–H and O–H groups in total. The summed E-state index contributed by atoms with van der Waals surface area (Å²) in [5, 5.41) is 8.63. The summed E-state index contributed by atoms with van der Waals surface area (Å²) >= 11 is 0. The third-order valence-corrected chi connectivity index (χ3v) is 2.80. The molecule has 0 bridgehead atoms. The van der Waals surface area contributed by atoms with Gasteiger partial charge in [0.25, 0.3) is 0 Å². The van der Waals surface area contributed by atoms with Crippen LogP contribution in [0.25, 0.3) is 0 Å². The van der Waals surface area contributed by atoms with Crippen molar-refractivity contribution in [2.45, 2.75) is 6.42 Å². The molecule has 0 spiro atoms. The molecule has 5 heteroatoms. The minimum atomic E-state index is -0.275.